The van der Waals surface area contributed by atoms with E-state index in [1.165, 1.54) is 31.6 Å². The summed E-state index contributed by atoms with van der Waals surface area (Å²) < 4.78 is 61.4. The van der Waals surface area contributed by atoms with Gasteiger partial charge in [0.05, 0.1) is 22.9 Å². The molecule has 1 aliphatic heterocycles. The molecule has 1 N–H and O–H groups in total. The number of benzene rings is 1. The van der Waals surface area contributed by atoms with Crippen molar-refractivity contribution in [1.82, 2.24) is 15.0 Å². The van der Waals surface area contributed by atoms with E-state index in [1.807, 2.05) is 4.90 Å². The van der Waals surface area contributed by atoms with Crippen LogP contribution < -0.4 is 10.2 Å². The fourth-order valence-corrected chi connectivity index (χ4v) is 4.38. The van der Waals surface area contributed by atoms with E-state index in [0.717, 1.165) is 12.5 Å². The molecule has 0 saturated carbocycles. The lowest BCUT2D eigenvalue weighted by molar-refractivity contribution is -0.141. The summed E-state index contributed by atoms with van der Waals surface area (Å²) in [5.41, 5.74) is -2.26. The van der Waals surface area contributed by atoms with Crippen LogP contribution in [0.2, 0.25) is 0 Å². The smallest absolute Gasteiger partial charge is 0.417 e. The third kappa shape index (κ3) is 6.04. The number of ether oxygens (including phenoxy) is 1. The average molecular weight is 582 g/mol. The van der Waals surface area contributed by atoms with E-state index in [2.05, 4.69) is 36.2 Å². The molecule has 8 nitrogen and oxygen atoms in total. The van der Waals surface area contributed by atoms with E-state index in [0.29, 0.717) is 23.3 Å². The van der Waals surface area contributed by atoms with Gasteiger partial charge in [0.2, 0.25) is 0 Å². The van der Waals surface area contributed by atoms with Gasteiger partial charge < -0.3 is 15.0 Å². The zero-order valence-corrected chi connectivity index (χ0v) is 20.9. The summed E-state index contributed by atoms with van der Waals surface area (Å²) in [5.74, 6) is -2.73. The minimum Gasteiger partial charge on any atom is -0.464 e. The van der Waals surface area contributed by atoms with Crippen molar-refractivity contribution < 1.29 is 31.9 Å². The summed E-state index contributed by atoms with van der Waals surface area (Å²) in [5, 5.41) is 2.56. The Bertz CT molecular complexity index is 1320. The number of rotatable bonds is 6. The zero-order chi connectivity index (χ0) is 26.7. The van der Waals surface area contributed by atoms with Crippen molar-refractivity contribution in [3.8, 4) is 11.4 Å². The van der Waals surface area contributed by atoms with Gasteiger partial charge in [0.15, 0.2) is 11.6 Å². The van der Waals surface area contributed by atoms with Gasteiger partial charge in [0.1, 0.15) is 12.4 Å². The second kappa shape index (κ2) is 10.8. The van der Waals surface area contributed by atoms with Gasteiger partial charge in [-0.2, -0.15) is 13.2 Å². The summed E-state index contributed by atoms with van der Waals surface area (Å²) in [6.07, 6.45) is 0.590. The topological polar surface area (TPSA) is 97.3 Å². The van der Waals surface area contributed by atoms with Crippen molar-refractivity contribution in [3.63, 3.8) is 0 Å². The quantitative estimate of drug-likeness (QED) is 0.314. The Morgan fingerprint density at radius 3 is 2.59 bits per heavy atom. The molecule has 2 aromatic heterocycles. The SMILES string of the molecule is CC(=O)OC[C@H]1CCCN1c1ncc(Br)cc1NC(=O)c1cc(-c2ncccn2)c(C(F)(F)F)cc1F. The van der Waals surface area contributed by atoms with Crippen molar-refractivity contribution >= 4 is 39.3 Å². The minimum absolute atomic E-state index is 0.119. The van der Waals surface area contributed by atoms with Crippen LogP contribution in [-0.2, 0) is 15.7 Å². The Morgan fingerprint density at radius 2 is 1.92 bits per heavy atom. The molecule has 1 atom stereocenters. The van der Waals surface area contributed by atoms with Crippen LogP contribution in [0.15, 0.2) is 47.3 Å². The van der Waals surface area contributed by atoms with Gasteiger partial charge in [-0.3, -0.25) is 9.59 Å². The summed E-state index contributed by atoms with van der Waals surface area (Å²) in [7, 11) is 0. The number of amides is 1. The first-order valence-electron chi connectivity index (χ1n) is 11.1. The number of anilines is 2. The number of alkyl halides is 3. The van der Waals surface area contributed by atoms with Gasteiger partial charge in [0.25, 0.3) is 5.91 Å². The van der Waals surface area contributed by atoms with Crippen LogP contribution in [0.25, 0.3) is 11.4 Å². The third-order valence-electron chi connectivity index (χ3n) is 5.67. The lowest BCUT2D eigenvalue weighted by Crippen LogP contribution is -2.35. The van der Waals surface area contributed by atoms with Crippen molar-refractivity contribution in [1.29, 1.82) is 0 Å². The molecule has 1 fully saturated rings. The molecule has 1 saturated heterocycles. The molecule has 37 heavy (non-hydrogen) atoms. The van der Waals surface area contributed by atoms with Gasteiger partial charge in [-0.15, -0.1) is 0 Å². The average Bonchev–Trinajstić information content (AvgIpc) is 3.31. The van der Waals surface area contributed by atoms with E-state index < -0.39 is 40.6 Å². The number of nitrogens with zero attached hydrogens (tertiary/aromatic N) is 4. The van der Waals surface area contributed by atoms with Crippen LogP contribution in [-0.4, -0.2) is 46.0 Å². The summed E-state index contributed by atoms with van der Waals surface area (Å²) in [4.78, 5) is 38.3. The normalized spacial score (nSPS) is 15.5. The fraction of sp³-hybridized carbons (Fsp3) is 0.292. The number of aromatic nitrogens is 3. The van der Waals surface area contributed by atoms with Crippen molar-refractivity contribution in [2.75, 3.05) is 23.4 Å². The van der Waals surface area contributed by atoms with E-state index in [4.69, 9.17) is 4.74 Å². The molecular formula is C24H20BrF4N5O3. The second-order valence-corrected chi connectivity index (χ2v) is 9.13. The molecule has 194 valence electrons. The van der Waals surface area contributed by atoms with Gasteiger partial charge in [-0.1, -0.05) is 0 Å². The molecular weight excluding hydrogens is 562 g/mol. The molecule has 3 aromatic rings. The number of halogens is 5. The Balaban J connectivity index is 1.70. The minimum atomic E-state index is -4.90. The molecule has 13 heteroatoms. The highest BCUT2D eigenvalue weighted by Crippen LogP contribution is 2.38. The molecule has 1 aliphatic rings. The number of carbonyl (C=O) groups excluding carboxylic acids is 2. The highest BCUT2D eigenvalue weighted by atomic mass is 79.9. The van der Waals surface area contributed by atoms with Crippen LogP contribution in [0, 0.1) is 5.82 Å². The first kappa shape index (κ1) is 26.5. The van der Waals surface area contributed by atoms with Crippen LogP contribution >= 0.6 is 15.9 Å². The van der Waals surface area contributed by atoms with Gasteiger partial charge in [-0.05, 0) is 53.0 Å². The maximum absolute atomic E-state index is 14.9. The molecule has 0 bridgehead atoms. The maximum atomic E-state index is 14.9. The van der Waals surface area contributed by atoms with E-state index in [1.54, 1.807) is 6.07 Å². The first-order chi connectivity index (χ1) is 17.5. The van der Waals surface area contributed by atoms with E-state index in [-0.39, 0.29) is 30.2 Å². The van der Waals surface area contributed by atoms with E-state index >= 15 is 0 Å². The highest BCUT2D eigenvalue weighted by Gasteiger charge is 2.36. The Labute approximate surface area is 217 Å². The van der Waals surface area contributed by atoms with Gasteiger partial charge in [-0.25, -0.2) is 19.3 Å². The third-order valence-corrected chi connectivity index (χ3v) is 6.11. The largest absolute Gasteiger partial charge is 0.464 e. The molecule has 4 rings (SSSR count). The van der Waals surface area contributed by atoms with Crippen molar-refractivity contribution in [2.24, 2.45) is 0 Å². The van der Waals surface area contributed by atoms with Crippen molar-refractivity contribution in [3.05, 3.63) is 64.3 Å². The number of carbonyl (C=O) groups is 2. The maximum Gasteiger partial charge on any atom is 0.417 e. The molecule has 0 radical (unpaired) electrons. The van der Waals surface area contributed by atoms with Crippen LogP contribution in [0.1, 0.15) is 35.7 Å². The predicted octanol–water partition coefficient (Wildman–Crippen LogP) is 5.24. The standard InChI is InChI=1S/C24H20BrF4N5O3/c1-13(35)37-12-15-4-2-7-34(15)22-20(8-14(25)11-32-22)33-23(36)17-9-16(21-30-5-3-6-31-21)18(10-19(17)26)24(27,28)29/h3,5-6,8-11,15H,2,4,7,12H2,1H3,(H,33,36)/t15-/m1/s1. The fourth-order valence-electron chi connectivity index (χ4n) is 4.05. The lowest BCUT2D eigenvalue weighted by Gasteiger charge is -2.27. The number of hydrogen-bond donors (Lipinski definition) is 1. The summed E-state index contributed by atoms with van der Waals surface area (Å²) >= 11 is 3.29. The number of hydrogen-bond acceptors (Lipinski definition) is 7. The first-order valence-corrected chi connectivity index (χ1v) is 11.9. The number of pyridine rings is 1. The monoisotopic (exact) mass is 581 g/mol. The summed E-state index contributed by atoms with van der Waals surface area (Å²) in [6.45, 7) is 1.98. The van der Waals surface area contributed by atoms with Crippen LogP contribution in [0.4, 0.5) is 29.1 Å². The zero-order valence-electron chi connectivity index (χ0n) is 19.4. The second-order valence-electron chi connectivity index (χ2n) is 8.22. The predicted molar refractivity (Wildman–Crippen MR) is 129 cm³/mol. The molecule has 0 aliphatic carbocycles. The Kier molecular flexibility index (Phi) is 7.71. The number of nitrogens with one attached hydrogen (secondary N) is 1. The van der Waals surface area contributed by atoms with Gasteiger partial charge in [0, 0.05) is 42.1 Å². The molecule has 0 spiro atoms. The molecule has 3 heterocycles. The Hall–Kier alpha value is -3.61. The van der Waals surface area contributed by atoms with Crippen LogP contribution in [0.3, 0.4) is 0 Å². The van der Waals surface area contributed by atoms with Gasteiger partial charge >= 0.3 is 12.1 Å². The molecule has 0 unspecified atom stereocenters. The van der Waals surface area contributed by atoms with Crippen LogP contribution in [0.5, 0.6) is 0 Å². The summed E-state index contributed by atoms with van der Waals surface area (Å²) in [6, 6.07) is 3.81. The molecule has 1 aromatic carbocycles. The van der Waals surface area contributed by atoms with E-state index in [9.17, 15) is 27.2 Å². The number of esters is 1. The lowest BCUT2D eigenvalue weighted by atomic mass is 10.0. The Morgan fingerprint density at radius 1 is 1.19 bits per heavy atom. The highest BCUT2D eigenvalue weighted by molar-refractivity contribution is 9.10. The molecule has 1 amide bonds. The van der Waals surface area contributed by atoms with Crippen molar-refractivity contribution in [2.45, 2.75) is 32.0 Å².